The van der Waals surface area contributed by atoms with Crippen molar-refractivity contribution in [3.05, 3.63) is 71.7 Å². The molecule has 1 aliphatic rings. The van der Waals surface area contributed by atoms with Crippen molar-refractivity contribution in [2.24, 2.45) is 5.73 Å². The molecular weight excluding hydrogens is 385 g/mol. The molecule has 0 radical (unpaired) electrons. The number of hydrogen-bond donors (Lipinski definition) is 2. The summed E-state index contributed by atoms with van der Waals surface area (Å²) in [6.45, 7) is 1.74. The molecule has 1 fully saturated rings. The summed E-state index contributed by atoms with van der Waals surface area (Å²) in [4.78, 5) is 26.6. The first-order valence-corrected chi connectivity index (χ1v) is 9.88. The molecular formula is C23H22FN3O3. The molecule has 0 spiro atoms. The van der Waals surface area contributed by atoms with Crippen LogP contribution in [0.4, 0.5) is 15.8 Å². The number of nitrogens with zero attached hydrogens (tertiary/aromatic N) is 1. The number of hydrogen-bond acceptors (Lipinski definition) is 4. The van der Waals surface area contributed by atoms with Crippen molar-refractivity contribution in [1.82, 2.24) is 0 Å². The standard InChI is InChI=1S/C23H22FN3O3/c24-17-7-3-2-6-16(17)20-10-11-21(30-20)23(29)26-18-14-15(22(25)28)8-9-19(18)27-12-4-1-5-13-27/h2-3,6-11,14H,1,4-5,12-13H2,(H2,25,28)(H,26,29). The van der Waals surface area contributed by atoms with Gasteiger partial charge in [0.15, 0.2) is 5.76 Å². The molecule has 3 aromatic rings. The number of amides is 2. The highest BCUT2D eigenvalue weighted by atomic mass is 19.1. The Morgan fingerprint density at radius 1 is 1.00 bits per heavy atom. The van der Waals surface area contributed by atoms with E-state index in [1.807, 2.05) is 0 Å². The lowest BCUT2D eigenvalue weighted by atomic mass is 10.1. The smallest absolute Gasteiger partial charge is 0.291 e. The first kappa shape index (κ1) is 19.7. The van der Waals surface area contributed by atoms with Gasteiger partial charge in [-0.15, -0.1) is 0 Å². The molecule has 7 heteroatoms. The van der Waals surface area contributed by atoms with Crippen LogP contribution in [0, 0.1) is 5.82 Å². The first-order valence-electron chi connectivity index (χ1n) is 9.88. The SMILES string of the molecule is NC(=O)c1ccc(N2CCCCC2)c(NC(=O)c2ccc(-c3ccccc3F)o2)c1. The van der Waals surface area contributed by atoms with E-state index in [1.54, 1.807) is 42.5 Å². The van der Waals surface area contributed by atoms with E-state index in [0.717, 1.165) is 31.6 Å². The molecule has 1 aromatic heterocycles. The van der Waals surface area contributed by atoms with Crippen LogP contribution in [0.3, 0.4) is 0 Å². The van der Waals surface area contributed by atoms with Gasteiger partial charge in [-0.05, 0) is 61.7 Å². The third-order valence-corrected chi connectivity index (χ3v) is 5.20. The van der Waals surface area contributed by atoms with E-state index in [-0.39, 0.29) is 17.1 Å². The van der Waals surface area contributed by atoms with Gasteiger partial charge in [-0.3, -0.25) is 9.59 Å². The number of nitrogens with one attached hydrogen (secondary N) is 1. The zero-order chi connectivity index (χ0) is 21.1. The normalized spacial score (nSPS) is 13.8. The number of anilines is 2. The summed E-state index contributed by atoms with van der Waals surface area (Å²) in [6, 6.07) is 14.3. The molecule has 154 valence electrons. The number of carbonyl (C=O) groups excluding carboxylic acids is 2. The predicted octanol–water partition coefficient (Wildman–Crippen LogP) is 4.43. The van der Waals surface area contributed by atoms with Gasteiger partial charge in [0.2, 0.25) is 5.91 Å². The second kappa shape index (κ2) is 8.41. The quantitative estimate of drug-likeness (QED) is 0.655. The molecule has 30 heavy (non-hydrogen) atoms. The fraction of sp³-hybridized carbons (Fsp3) is 0.217. The minimum atomic E-state index is -0.574. The predicted molar refractivity (Wildman–Crippen MR) is 113 cm³/mol. The summed E-state index contributed by atoms with van der Waals surface area (Å²) in [7, 11) is 0. The highest BCUT2D eigenvalue weighted by molar-refractivity contribution is 6.05. The van der Waals surface area contributed by atoms with E-state index >= 15 is 0 Å². The zero-order valence-corrected chi connectivity index (χ0v) is 16.4. The topological polar surface area (TPSA) is 88.6 Å². The van der Waals surface area contributed by atoms with E-state index in [9.17, 15) is 14.0 Å². The Kier molecular flexibility index (Phi) is 5.52. The summed E-state index contributed by atoms with van der Waals surface area (Å²) in [5, 5.41) is 2.82. The second-order valence-electron chi connectivity index (χ2n) is 7.24. The van der Waals surface area contributed by atoms with Gasteiger partial charge >= 0.3 is 0 Å². The van der Waals surface area contributed by atoms with Crippen molar-refractivity contribution in [2.45, 2.75) is 19.3 Å². The number of furan rings is 1. The third-order valence-electron chi connectivity index (χ3n) is 5.20. The Hall–Kier alpha value is -3.61. The van der Waals surface area contributed by atoms with E-state index in [2.05, 4.69) is 10.2 Å². The van der Waals surface area contributed by atoms with Crippen LogP contribution in [-0.4, -0.2) is 24.9 Å². The van der Waals surface area contributed by atoms with Crippen LogP contribution in [-0.2, 0) is 0 Å². The van der Waals surface area contributed by atoms with Crippen LogP contribution < -0.4 is 16.0 Å². The maximum Gasteiger partial charge on any atom is 0.291 e. The number of nitrogens with two attached hydrogens (primary N) is 1. The molecule has 2 heterocycles. The maximum absolute atomic E-state index is 14.0. The average Bonchev–Trinajstić information content (AvgIpc) is 3.25. The molecule has 0 bridgehead atoms. The Labute approximate surface area is 173 Å². The molecule has 1 saturated heterocycles. The molecule has 0 atom stereocenters. The van der Waals surface area contributed by atoms with Crippen molar-refractivity contribution >= 4 is 23.2 Å². The minimum Gasteiger partial charge on any atom is -0.451 e. The summed E-state index contributed by atoms with van der Waals surface area (Å²) in [5.74, 6) is -1.18. The van der Waals surface area contributed by atoms with Crippen LogP contribution >= 0.6 is 0 Å². The van der Waals surface area contributed by atoms with Crippen LogP contribution in [0.15, 0.2) is 59.0 Å². The number of rotatable bonds is 5. The molecule has 0 aliphatic carbocycles. The monoisotopic (exact) mass is 407 g/mol. The second-order valence-corrected chi connectivity index (χ2v) is 7.24. The highest BCUT2D eigenvalue weighted by Gasteiger charge is 2.20. The van der Waals surface area contributed by atoms with Crippen molar-refractivity contribution in [1.29, 1.82) is 0 Å². The number of piperidine rings is 1. The fourth-order valence-corrected chi connectivity index (χ4v) is 3.65. The van der Waals surface area contributed by atoms with E-state index < -0.39 is 17.6 Å². The molecule has 1 aliphatic heterocycles. The van der Waals surface area contributed by atoms with Gasteiger partial charge in [0.05, 0.1) is 16.9 Å². The summed E-state index contributed by atoms with van der Waals surface area (Å²) in [5.41, 5.74) is 7.31. The molecule has 6 nitrogen and oxygen atoms in total. The summed E-state index contributed by atoms with van der Waals surface area (Å²) in [6.07, 6.45) is 3.30. The Morgan fingerprint density at radius 3 is 2.50 bits per heavy atom. The number of primary amides is 1. The molecule has 2 amide bonds. The van der Waals surface area contributed by atoms with Gasteiger partial charge in [0.1, 0.15) is 11.6 Å². The van der Waals surface area contributed by atoms with E-state index in [4.69, 9.17) is 10.2 Å². The maximum atomic E-state index is 14.0. The van der Waals surface area contributed by atoms with Crippen molar-refractivity contribution < 1.29 is 18.4 Å². The number of benzene rings is 2. The zero-order valence-electron chi connectivity index (χ0n) is 16.4. The lowest BCUT2D eigenvalue weighted by Gasteiger charge is -2.30. The van der Waals surface area contributed by atoms with Crippen molar-refractivity contribution in [3.8, 4) is 11.3 Å². The van der Waals surface area contributed by atoms with Crippen molar-refractivity contribution in [3.63, 3.8) is 0 Å². The van der Waals surface area contributed by atoms with Crippen molar-refractivity contribution in [2.75, 3.05) is 23.3 Å². The van der Waals surface area contributed by atoms with Gasteiger partial charge in [-0.2, -0.15) is 0 Å². The van der Waals surface area contributed by atoms with Gasteiger partial charge in [-0.1, -0.05) is 12.1 Å². The van der Waals surface area contributed by atoms with Crippen LogP contribution in [0.1, 0.15) is 40.2 Å². The van der Waals surface area contributed by atoms with E-state index in [0.29, 0.717) is 11.3 Å². The molecule has 2 aromatic carbocycles. The largest absolute Gasteiger partial charge is 0.451 e. The lowest BCUT2D eigenvalue weighted by Crippen LogP contribution is -2.30. The summed E-state index contributed by atoms with van der Waals surface area (Å²) >= 11 is 0. The van der Waals surface area contributed by atoms with Crippen LogP contribution in [0.5, 0.6) is 0 Å². The molecule has 4 rings (SSSR count). The lowest BCUT2D eigenvalue weighted by molar-refractivity contribution is 0.0988. The van der Waals surface area contributed by atoms with Gasteiger partial charge < -0.3 is 20.4 Å². The number of halogens is 1. The van der Waals surface area contributed by atoms with Gasteiger partial charge in [-0.25, -0.2) is 4.39 Å². The Bertz CT molecular complexity index is 1090. The minimum absolute atomic E-state index is 0.0438. The first-order chi connectivity index (χ1) is 14.5. The fourth-order valence-electron chi connectivity index (χ4n) is 3.65. The van der Waals surface area contributed by atoms with Gasteiger partial charge in [0.25, 0.3) is 5.91 Å². The van der Waals surface area contributed by atoms with Crippen LogP contribution in [0.2, 0.25) is 0 Å². The van der Waals surface area contributed by atoms with Crippen LogP contribution in [0.25, 0.3) is 11.3 Å². The van der Waals surface area contributed by atoms with Gasteiger partial charge in [0, 0.05) is 18.7 Å². The Balaban J connectivity index is 1.61. The molecule has 3 N–H and O–H groups in total. The summed E-state index contributed by atoms with van der Waals surface area (Å²) < 4.78 is 19.6. The Morgan fingerprint density at radius 2 is 1.77 bits per heavy atom. The molecule has 0 unspecified atom stereocenters. The number of carbonyl (C=O) groups is 2. The third kappa shape index (κ3) is 4.05. The van der Waals surface area contributed by atoms with E-state index in [1.165, 1.54) is 18.6 Å². The molecule has 0 saturated carbocycles. The average molecular weight is 407 g/mol. The highest BCUT2D eigenvalue weighted by Crippen LogP contribution is 2.31.